The Balaban J connectivity index is 1.54. The predicted octanol–water partition coefficient (Wildman–Crippen LogP) is 3.47. The van der Waals surface area contributed by atoms with E-state index in [1.165, 1.54) is 24.0 Å². The van der Waals surface area contributed by atoms with E-state index >= 15 is 0 Å². The second-order valence-corrected chi connectivity index (χ2v) is 5.91. The highest BCUT2D eigenvalue weighted by Crippen LogP contribution is 2.09. The van der Waals surface area contributed by atoms with E-state index in [1.54, 1.807) is 18.2 Å². The molecule has 1 aromatic heterocycles. The molecule has 0 atom stereocenters. The van der Waals surface area contributed by atoms with Gasteiger partial charge in [0.15, 0.2) is 0 Å². The number of amides is 1. The Bertz CT molecular complexity index is 879. The molecule has 6 heteroatoms. The average molecular weight is 350 g/mol. The number of carbonyl (C=O) groups is 1. The normalized spacial score (nSPS) is 10.4. The maximum atomic E-state index is 13.6. The SMILES string of the molecule is Cc1ccc(CNC(=O)c2cnc(NCc3ccccc3F)nc2)cc1. The molecule has 2 N–H and O–H groups in total. The summed E-state index contributed by atoms with van der Waals surface area (Å²) in [4.78, 5) is 20.4. The Morgan fingerprint density at radius 1 is 1.00 bits per heavy atom. The molecule has 0 saturated heterocycles. The average Bonchev–Trinajstić information content (AvgIpc) is 2.67. The second kappa shape index (κ2) is 8.20. The van der Waals surface area contributed by atoms with E-state index in [-0.39, 0.29) is 18.3 Å². The van der Waals surface area contributed by atoms with E-state index < -0.39 is 0 Å². The fraction of sp³-hybridized carbons (Fsp3) is 0.150. The molecule has 0 aliphatic rings. The molecule has 0 fully saturated rings. The zero-order valence-corrected chi connectivity index (χ0v) is 14.4. The van der Waals surface area contributed by atoms with Crippen molar-refractivity contribution in [1.29, 1.82) is 0 Å². The molecule has 1 heterocycles. The Labute approximate surface area is 151 Å². The molecule has 3 rings (SSSR count). The van der Waals surface area contributed by atoms with Gasteiger partial charge in [-0.05, 0) is 18.6 Å². The number of hydrogen-bond donors (Lipinski definition) is 2. The lowest BCUT2D eigenvalue weighted by Crippen LogP contribution is -2.23. The van der Waals surface area contributed by atoms with Gasteiger partial charge in [-0.25, -0.2) is 14.4 Å². The van der Waals surface area contributed by atoms with Crippen molar-refractivity contribution < 1.29 is 9.18 Å². The summed E-state index contributed by atoms with van der Waals surface area (Å²) in [6, 6.07) is 14.4. The molecule has 26 heavy (non-hydrogen) atoms. The first-order valence-electron chi connectivity index (χ1n) is 8.25. The van der Waals surface area contributed by atoms with Gasteiger partial charge in [0.1, 0.15) is 5.82 Å². The van der Waals surface area contributed by atoms with Crippen molar-refractivity contribution in [1.82, 2.24) is 15.3 Å². The number of nitrogens with one attached hydrogen (secondary N) is 2. The van der Waals surface area contributed by atoms with E-state index in [2.05, 4.69) is 20.6 Å². The van der Waals surface area contributed by atoms with Crippen LogP contribution >= 0.6 is 0 Å². The van der Waals surface area contributed by atoms with Gasteiger partial charge in [0, 0.05) is 31.0 Å². The summed E-state index contributed by atoms with van der Waals surface area (Å²) >= 11 is 0. The molecular formula is C20H19FN4O. The predicted molar refractivity (Wildman–Crippen MR) is 98.1 cm³/mol. The monoisotopic (exact) mass is 350 g/mol. The first-order valence-corrected chi connectivity index (χ1v) is 8.25. The van der Waals surface area contributed by atoms with Crippen molar-refractivity contribution in [3.8, 4) is 0 Å². The summed E-state index contributed by atoms with van der Waals surface area (Å²) in [5.41, 5.74) is 3.09. The van der Waals surface area contributed by atoms with E-state index in [9.17, 15) is 9.18 Å². The zero-order chi connectivity index (χ0) is 18.4. The summed E-state index contributed by atoms with van der Waals surface area (Å²) in [5, 5.41) is 5.77. The molecule has 0 spiro atoms. The maximum Gasteiger partial charge on any atom is 0.254 e. The summed E-state index contributed by atoms with van der Waals surface area (Å²) in [6.07, 6.45) is 2.89. The Morgan fingerprint density at radius 3 is 2.38 bits per heavy atom. The minimum atomic E-state index is -0.285. The standard InChI is InChI=1S/C20H19FN4O/c1-14-6-8-15(9-7-14)10-22-19(26)17-12-24-20(25-13-17)23-11-16-4-2-3-5-18(16)21/h2-9,12-13H,10-11H2,1H3,(H,22,26)(H,23,24,25). The van der Waals surface area contributed by atoms with Crippen LogP contribution in [-0.4, -0.2) is 15.9 Å². The molecule has 0 bridgehead atoms. The van der Waals surface area contributed by atoms with Gasteiger partial charge >= 0.3 is 0 Å². The number of benzene rings is 2. The fourth-order valence-corrected chi connectivity index (χ4v) is 2.34. The van der Waals surface area contributed by atoms with Crippen LogP contribution in [0.3, 0.4) is 0 Å². The molecular weight excluding hydrogens is 331 g/mol. The highest BCUT2D eigenvalue weighted by Gasteiger charge is 2.07. The van der Waals surface area contributed by atoms with Crippen LogP contribution in [0, 0.1) is 12.7 Å². The molecule has 0 aliphatic heterocycles. The summed E-state index contributed by atoms with van der Waals surface area (Å²) in [7, 11) is 0. The number of nitrogens with zero attached hydrogens (tertiary/aromatic N) is 2. The minimum absolute atomic E-state index is 0.244. The maximum absolute atomic E-state index is 13.6. The Hall–Kier alpha value is -3.28. The third-order valence-electron chi connectivity index (χ3n) is 3.88. The number of hydrogen-bond acceptors (Lipinski definition) is 4. The van der Waals surface area contributed by atoms with Crippen LogP contribution in [0.4, 0.5) is 10.3 Å². The van der Waals surface area contributed by atoms with Crippen LogP contribution in [-0.2, 0) is 13.1 Å². The fourth-order valence-electron chi connectivity index (χ4n) is 2.34. The smallest absolute Gasteiger partial charge is 0.254 e. The largest absolute Gasteiger partial charge is 0.350 e. The zero-order valence-electron chi connectivity index (χ0n) is 14.4. The first kappa shape index (κ1) is 17.5. The number of anilines is 1. The quantitative estimate of drug-likeness (QED) is 0.714. The number of aromatic nitrogens is 2. The Kier molecular flexibility index (Phi) is 5.53. The highest BCUT2D eigenvalue weighted by molar-refractivity contribution is 5.93. The van der Waals surface area contributed by atoms with Crippen LogP contribution in [0.5, 0.6) is 0 Å². The van der Waals surface area contributed by atoms with Gasteiger partial charge in [0.05, 0.1) is 5.56 Å². The van der Waals surface area contributed by atoms with Gasteiger partial charge in [-0.15, -0.1) is 0 Å². The molecule has 0 radical (unpaired) electrons. The number of rotatable bonds is 6. The molecule has 0 unspecified atom stereocenters. The molecule has 5 nitrogen and oxygen atoms in total. The van der Waals surface area contributed by atoms with Crippen LogP contribution < -0.4 is 10.6 Å². The lowest BCUT2D eigenvalue weighted by molar-refractivity contribution is 0.0950. The van der Waals surface area contributed by atoms with Crippen molar-refractivity contribution in [2.45, 2.75) is 20.0 Å². The third kappa shape index (κ3) is 4.63. The second-order valence-electron chi connectivity index (χ2n) is 5.91. The van der Waals surface area contributed by atoms with E-state index in [1.807, 2.05) is 31.2 Å². The van der Waals surface area contributed by atoms with Gasteiger partial charge in [0.2, 0.25) is 5.95 Å². The Morgan fingerprint density at radius 2 is 1.69 bits per heavy atom. The number of carbonyl (C=O) groups excluding carboxylic acids is 1. The van der Waals surface area contributed by atoms with E-state index in [0.717, 1.165) is 5.56 Å². The van der Waals surface area contributed by atoms with Gasteiger partial charge in [-0.1, -0.05) is 48.0 Å². The van der Waals surface area contributed by atoms with Gasteiger partial charge in [-0.3, -0.25) is 4.79 Å². The first-order chi connectivity index (χ1) is 12.6. The molecule has 132 valence electrons. The van der Waals surface area contributed by atoms with Crippen molar-refractivity contribution in [3.63, 3.8) is 0 Å². The summed E-state index contributed by atoms with van der Waals surface area (Å²) < 4.78 is 13.6. The molecule has 0 saturated carbocycles. The molecule has 0 aliphatic carbocycles. The lowest BCUT2D eigenvalue weighted by atomic mass is 10.1. The molecule has 1 amide bonds. The minimum Gasteiger partial charge on any atom is -0.350 e. The van der Waals surface area contributed by atoms with Crippen molar-refractivity contribution >= 4 is 11.9 Å². The van der Waals surface area contributed by atoms with Gasteiger partial charge < -0.3 is 10.6 Å². The summed E-state index contributed by atoms with van der Waals surface area (Å²) in [6.45, 7) is 2.72. The number of halogens is 1. The van der Waals surface area contributed by atoms with Crippen molar-refractivity contribution in [2.24, 2.45) is 0 Å². The highest BCUT2D eigenvalue weighted by atomic mass is 19.1. The van der Waals surface area contributed by atoms with Crippen LogP contribution in [0.1, 0.15) is 27.0 Å². The molecule has 2 aromatic carbocycles. The third-order valence-corrected chi connectivity index (χ3v) is 3.88. The number of aryl methyl sites for hydroxylation is 1. The van der Waals surface area contributed by atoms with Crippen LogP contribution in [0.25, 0.3) is 0 Å². The van der Waals surface area contributed by atoms with Crippen LogP contribution in [0.2, 0.25) is 0 Å². The van der Waals surface area contributed by atoms with Crippen molar-refractivity contribution in [2.75, 3.05) is 5.32 Å². The van der Waals surface area contributed by atoms with Gasteiger partial charge in [-0.2, -0.15) is 0 Å². The van der Waals surface area contributed by atoms with Crippen molar-refractivity contribution in [3.05, 3.63) is 89.0 Å². The van der Waals surface area contributed by atoms with Gasteiger partial charge in [0.25, 0.3) is 5.91 Å². The van der Waals surface area contributed by atoms with E-state index in [4.69, 9.17) is 0 Å². The lowest BCUT2D eigenvalue weighted by Gasteiger charge is -2.07. The molecule has 3 aromatic rings. The summed E-state index contributed by atoms with van der Waals surface area (Å²) in [5.74, 6) is -0.193. The topological polar surface area (TPSA) is 66.9 Å². The van der Waals surface area contributed by atoms with E-state index in [0.29, 0.717) is 23.6 Å². The van der Waals surface area contributed by atoms with Crippen LogP contribution in [0.15, 0.2) is 60.9 Å².